The zero-order valence-corrected chi connectivity index (χ0v) is 13.8. The van der Waals surface area contributed by atoms with Crippen molar-refractivity contribution in [1.82, 2.24) is 5.32 Å². The van der Waals surface area contributed by atoms with Gasteiger partial charge in [0.1, 0.15) is 11.5 Å². The molecule has 0 aliphatic rings. The molecule has 1 atom stereocenters. The van der Waals surface area contributed by atoms with Crippen molar-refractivity contribution in [3.05, 3.63) is 53.6 Å². The fraction of sp³-hybridized carbons (Fsp3) is 0.222. The monoisotopic (exact) mass is 328 g/mol. The molecular formula is C18H20N2O4. The Morgan fingerprint density at radius 1 is 1.08 bits per heavy atom. The molecule has 2 aromatic carbocycles. The fourth-order valence-electron chi connectivity index (χ4n) is 2.16. The van der Waals surface area contributed by atoms with Gasteiger partial charge in [0, 0.05) is 0 Å². The van der Waals surface area contributed by atoms with Gasteiger partial charge in [0.05, 0.1) is 18.8 Å². The lowest BCUT2D eigenvalue weighted by Gasteiger charge is -2.15. The molecule has 0 fully saturated rings. The minimum atomic E-state index is -0.838. The smallest absolute Gasteiger partial charge is 0.313 e. The summed E-state index contributed by atoms with van der Waals surface area (Å²) in [6.45, 7) is 3.59. The zero-order chi connectivity index (χ0) is 17.7. The van der Waals surface area contributed by atoms with E-state index in [2.05, 4.69) is 10.6 Å². The molecule has 2 amide bonds. The van der Waals surface area contributed by atoms with Crippen LogP contribution >= 0.6 is 0 Å². The number of rotatable bonds is 4. The van der Waals surface area contributed by atoms with E-state index in [9.17, 15) is 14.7 Å². The van der Waals surface area contributed by atoms with Crippen LogP contribution in [0, 0.1) is 6.92 Å². The average Bonchev–Trinajstić information content (AvgIpc) is 2.57. The van der Waals surface area contributed by atoms with E-state index in [1.165, 1.54) is 6.07 Å². The van der Waals surface area contributed by atoms with E-state index in [-0.39, 0.29) is 17.5 Å². The summed E-state index contributed by atoms with van der Waals surface area (Å²) in [5, 5.41) is 14.8. The number of hydrogen-bond donors (Lipinski definition) is 3. The van der Waals surface area contributed by atoms with Crippen molar-refractivity contribution in [3.8, 4) is 11.5 Å². The Kier molecular flexibility index (Phi) is 5.42. The Bertz CT molecular complexity index is 741. The van der Waals surface area contributed by atoms with Gasteiger partial charge < -0.3 is 20.5 Å². The van der Waals surface area contributed by atoms with Gasteiger partial charge in [-0.15, -0.1) is 0 Å². The van der Waals surface area contributed by atoms with Gasteiger partial charge in [0.15, 0.2) is 0 Å². The normalized spacial score (nSPS) is 11.5. The van der Waals surface area contributed by atoms with E-state index >= 15 is 0 Å². The van der Waals surface area contributed by atoms with Crippen molar-refractivity contribution in [2.24, 2.45) is 0 Å². The first-order chi connectivity index (χ1) is 11.4. The van der Waals surface area contributed by atoms with Crippen LogP contribution < -0.4 is 15.4 Å². The lowest BCUT2D eigenvalue weighted by molar-refractivity contribution is -0.136. The second kappa shape index (κ2) is 7.50. The number of carbonyl (C=O) groups excluding carboxylic acids is 2. The number of phenolic OH excluding ortho intramolecular Hbond substituents is 1. The molecule has 0 saturated carbocycles. The highest BCUT2D eigenvalue weighted by Crippen LogP contribution is 2.23. The lowest BCUT2D eigenvalue weighted by Crippen LogP contribution is -2.36. The van der Waals surface area contributed by atoms with Crippen LogP contribution in [-0.4, -0.2) is 24.0 Å². The molecule has 0 aliphatic carbocycles. The minimum absolute atomic E-state index is 0.0839. The van der Waals surface area contributed by atoms with Gasteiger partial charge in [-0.2, -0.15) is 0 Å². The number of phenols is 1. The van der Waals surface area contributed by atoms with E-state index in [0.29, 0.717) is 5.75 Å². The lowest BCUT2D eigenvalue weighted by atomic mass is 10.1. The Morgan fingerprint density at radius 3 is 2.33 bits per heavy atom. The van der Waals surface area contributed by atoms with Gasteiger partial charge in [-0.3, -0.25) is 9.59 Å². The van der Waals surface area contributed by atoms with Crippen LogP contribution in [0.15, 0.2) is 42.5 Å². The summed E-state index contributed by atoms with van der Waals surface area (Å²) in [7, 11) is 1.57. The van der Waals surface area contributed by atoms with E-state index in [0.717, 1.165) is 11.1 Å². The van der Waals surface area contributed by atoms with Crippen LogP contribution in [0.3, 0.4) is 0 Å². The largest absolute Gasteiger partial charge is 0.506 e. The quantitative estimate of drug-likeness (QED) is 0.594. The minimum Gasteiger partial charge on any atom is -0.506 e. The van der Waals surface area contributed by atoms with Crippen LogP contribution in [-0.2, 0) is 9.59 Å². The molecule has 0 heterocycles. The average molecular weight is 328 g/mol. The third kappa shape index (κ3) is 4.25. The van der Waals surface area contributed by atoms with E-state index in [4.69, 9.17) is 4.74 Å². The summed E-state index contributed by atoms with van der Waals surface area (Å²) in [5.74, 6) is -0.989. The Labute approximate surface area is 140 Å². The topological polar surface area (TPSA) is 87.7 Å². The van der Waals surface area contributed by atoms with Gasteiger partial charge in [0.2, 0.25) is 0 Å². The molecule has 0 spiro atoms. The van der Waals surface area contributed by atoms with Crippen molar-refractivity contribution < 1.29 is 19.4 Å². The van der Waals surface area contributed by atoms with Gasteiger partial charge in [-0.25, -0.2) is 0 Å². The molecule has 0 radical (unpaired) electrons. The standard InChI is InChI=1S/C18H20N2O4/c1-11-4-9-15(16(21)10-11)20-18(23)17(22)19-12(2)13-5-7-14(24-3)8-6-13/h4-10,12,21H,1-3H3,(H,19,22)(H,20,23). The first kappa shape index (κ1) is 17.3. The number of hydrogen-bond acceptors (Lipinski definition) is 4. The molecule has 2 rings (SSSR count). The van der Waals surface area contributed by atoms with Crippen molar-refractivity contribution in [2.75, 3.05) is 12.4 Å². The zero-order valence-electron chi connectivity index (χ0n) is 13.8. The molecular weight excluding hydrogens is 308 g/mol. The van der Waals surface area contributed by atoms with Crippen LogP contribution in [0.2, 0.25) is 0 Å². The second-order valence-electron chi connectivity index (χ2n) is 5.44. The van der Waals surface area contributed by atoms with E-state index in [1.807, 2.05) is 19.1 Å². The van der Waals surface area contributed by atoms with Gasteiger partial charge in [-0.05, 0) is 49.2 Å². The number of aryl methyl sites for hydroxylation is 1. The Hall–Kier alpha value is -3.02. The van der Waals surface area contributed by atoms with Crippen LogP contribution in [0.5, 0.6) is 11.5 Å². The summed E-state index contributed by atoms with van der Waals surface area (Å²) in [6, 6.07) is 11.6. The first-order valence-electron chi connectivity index (χ1n) is 7.46. The maximum Gasteiger partial charge on any atom is 0.313 e. The number of ether oxygens (including phenoxy) is 1. The van der Waals surface area contributed by atoms with Crippen molar-refractivity contribution in [2.45, 2.75) is 19.9 Å². The predicted octanol–water partition coefficient (Wildman–Crippen LogP) is 2.53. The molecule has 0 aromatic heterocycles. The van der Waals surface area contributed by atoms with Gasteiger partial charge in [0.25, 0.3) is 0 Å². The highest BCUT2D eigenvalue weighted by atomic mass is 16.5. The molecule has 6 heteroatoms. The first-order valence-corrected chi connectivity index (χ1v) is 7.46. The van der Waals surface area contributed by atoms with Gasteiger partial charge in [-0.1, -0.05) is 18.2 Å². The van der Waals surface area contributed by atoms with Crippen LogP contribution in [0.25, 0.3) is 0 Å². The molecule has 126 valence electrons. The summed E-state index contributed by atoms with van der Waals surface area (Å²) >= 11 is 0. The Morgan fingerprint density at radius 2 is 1.75 bits per heavy atom. The van der Waals surface area contributed by atoms with Crippen molar-refractivity contribution in [3.63, 3.8) is 0 Å². The number of aromatic hydroxyl groups is 1. The summed E-state index contributed by atoms with van der Waals surface area (Å²) in [4.78, 5) is 24.0. The molecule has 0 aliphatic heterocycles. The number of carbonyl (C=O) groups is 2. The Balaban J connectivity index is 1.98. The van der Waals surface area contributed by atoms with Crippen molar-refractivity contribution >= 4 is 17.5 Å². The third-order valence-electron chi connectivity index (χ3n) is 3.57. The van der Waals surface area contributed by atoms with Crippen LogP contribution in [0.1, 0.15) is 24.1 Å². The third-order valence-corrected chi connectivity index (χ3v) is 3.57. The van der Waals surface area contributed by atoms with Crippen LogP contribution in [0.4, 0.5) is 5.69 Å². The fourth-order valence-corrected chi connectivity index (χ4v) is 2.16. The molecule has 1 unspecified atom stereocenters. The summed E-state index contributed by atoms with van der Waals surface area (Å²) < 4.78 is 5.08. The predicted molar refractivity (Wildman–Crippen MR) is 91.0 cm³/mol. The second-order valence-corrected chi connectivity index (χ2v) is 5.44. The SMILES string of the molecule is COc1ccc(C(C)NC(=O)C(=O)Nc2ccc(C)cc2O)cc1. The number of nitrogens with one attached hydrogen (secondary N) is 2. The van der Waals surface area contributed by atoms with E-state index in [1.54, 1.807) is 38.3 Å². The molecule has 2 aromatic rings. The molecule has 6 nitrogen and oxygen atoms in total. The molecule has 24 heavy (non-hydrogen) atoms. The molecule has 0 bridgehead atoms. The highest BCUT2D eigenvalue weighted by Gasteiger charge is 2.18. The van der Waals surface area contributed by atoms with E-state index < -0.39 is 11.8 Å². The maximum atomic E-state index is 12.0. The number of anilines is 1. The maximum absolute atomic E-state index is 12.0. The molecule has 3 N–H and O–H groups in total. The number of benzene rings is 2. The van der Waals surface area contributed by atoms with Crippen molar-refractivity contribution in [1.29, 1.82) is 0 Å². The number of amides is 2. The highest BCUT2D eigenvalue weighted by molar-refractivity contribution is 6.39. The number of methoxy groups -OCH3 is 1. The molecule has 0 saturated heterocycles. The summed E-state index contributed by atoms with van der Waals surface area (Å²) in [6.07, 6.45) is 0. The summed E-state index contributed by atoms with van der Waals surface area (Å²) in [5.41, 5.74) is 1.89. The van der Waals surface area contributed by atoms with Gasteiger partial charge >= 0.3 is 11.8 Å².